The molecule has 7 heteroatoms. The minimum atomic E-state index is -0.394. The van der Waals surface area contributed by atoms with Crippen molar-refractivity contribution in [1.29, 1.82) is 0 Å². The van der Waals surface area contributed by atoms with Crippen LogP contribution in [0.2, 0.25) is 0 Å². The molecule has 0 fully saturated rings. The van der Waals surface area contributed by atoms with Gasteiger partial charge in [0.25, 0.3) is 0 Å². The molecule has 0 unspecified atom stereocenters. The van der Waals surface area contributed by atoms with E-state index >= 15 is 0 Å². The molecule has 0 amide bonds. The molecule has 0 saturated heterocycles. The first-order valence-electron chi connectivity index (χ1n) is 10.8. The lowest BCUT2D eigenvalue weighted by Crippen LogP contribution is -2.08. The molecule has 34 heavy (non-hydrogen) atoms. The Hall–Kier alpha value is -4.39. The molecular weight excluding hydrogens is 431 g/mol. The van der Waals surface area contributed by atoms with Crippen LogP contribution in [0, 0.1) is 5.82 Å². The number of imidazole rings is 1. The van der Waals surface area contributed by atoms with Gasteiger partial charge in [-0.15, -0.1) is 0 Å². The van der Waals surface area contributed by atoms with E-state index in [4.69, 9.17) is 14.5 Å². The lowest BCUT2D eigenvalue weighted by molar-refractivity contribution is 0.391. The second-order valence-corrected chi connectivity index (χ2v) is 7.71. The summed E-state index contributed by atoms with van der Waals surface area (Å²) in [5, 5.41) is 3.97. The van der Waals surface area contributed by atoms with Crippen LogP contribution < -0.4 is 14.8 Å². The van der Waals surface area contributed by atoms with Crippen LogP contribution in [0.1, 0.15) is 16.8 Å². The number of methoxy groups -OCH3 is 2. The maximum absolute atomic E-state index is 14.7. The highest BCUT2D eigenvalue weighted by atomic mass is 19.1. The molecule has 0 aliphatic heterocycles. The summed E-state index contributed by atoms with van der Waals surface area (Å²) in [5.74, 6) is 1.48. The summed E-state index contributed by atoms with van der Waals surface area (Å²) in [4.78, 5) is 9.34. The van der Waals surface area contributed by atoms with Crippen molar-refractivity contribution in [3.05, 3.63) is 95.6 Å². The van der Waals surface area contributed by atoms with Gasteiger partial charge >= 0.3 is 0 Å². The van der Waals surface area contributed by atoms with Gasteiger partial charge in [0.15, 0.2) is 0 Å². The van der Waals surface area contributed by atoms with Crippen molar-refractivity contribution >= 4 is 34.7 Å². The Kier molecular flexibility index (Phi) is 5.82. The summed E-state index contributed by atoms with van der Waals surface area (Å²) in [6.45, 7) is 0.419. The fraction of sp³-hybridized carbons (Fsp3) is 0.111. The van der Waals surface area contributed by atoms with Crippen LogP contribution in [-0.2, 0) is 6.54 Å². The molecule has 0 atom stereocenters. The van der Waals surface area contributed by atoms with Crippen molar-refractivity contribution in [3.8, 4) is 11.5 Å². The minimum absolute atomic E-state index is 0.267. The number of halogens is 1. The van der Waals surface area contributed by atoms with Crippen LogP contribution >= 0.6 is 0 Å². The highest BCUT2D eigenvalue weighted by Crippen LogP contribution is 2.27. The Balaban J connectivity index is 1.55. The van der Waals surface area contributed by atoms with Crippen molar-refractivity contribution < 1.29 is 13.9 Å². The zero-order chi connectivity index (χ0) is 23.5. The molecule has 0 bridgehead atoms. The van der Waals surface area contributed by atoms with Gasteiger partial charge in [-0.2, -0.15) is 0 Å². The van der Waals surface area contributed by atoms with Gasteiger partial charge in [0.2, 0.25) is 5.95 Å². The van der Waals surface area contributed by atoms with E-state index in [0.29, 0.717) is 35.0 Å². The first-order chi connectivity index (χ1) is 16.7. The molecule has 5 rings (SSSR count). The standard InChI is InChI=1S/C27H23FN4O2/c1-33-21-14-12-19(24(15-21)34-2)16-29-27-31-25-22(9-6-10-23(25)28)26-30-20(17-32(26)27)13-11-18-7-4-3-5-8-18/h3-15,17H,16H2,1-2H3,(H,29,31)/b13-11+. The molecule has 0 aliphatic rings. The average molecular weight is 455 g/mol. The van der Waals surface area contributed by atoms with Gasteiger partial charge < -0.3 is 14.8 Å². The van der Waals surface area contributed by atoms with Crippen LogP contribution in [0.15, 0.2) is 72.9 Å². The maximum Gasteiger partial charge on any atom is 0.209 e. The summed E-state index contributed by atoms with van der Waals surface area (Å²) in [6.07, 6.45) is 5.82. The zero-order valence-corrected chi connectivity index (χ0v) is 18.8. The number of hydrogen-bond acceptors (Lipinski definition) is 5. The van der Waals surface area contributed by atoms with Crippen molar-refractivity contribution in [3.63, 3.8) is 0 Å². The highest BCUT2D eigenvalue weighted by Gasteiger charge is 2.14. The van der Waals surface area contributed by atoms with Crippen LogP contribution in [0.5, 0.6) is 11.5 Å². The molecule has 6 nitrogen and oxygen atoms in total. The quantitative estimate of drug-likeness (QED) is 0.336. The van der Waals surface area contributed by atoms with Crippen LogP contribution in [0.25, 0.3) is 28.7 Å². The monoisotopic (exact) mass is 454 g/mol. The highest BCUT2D eigenvalue weighted by molar-refractivity contribution is 5.93. The Morgan fingerprint density at radius 1 is 0.941 bits per heavy atom. The largest absolute Gasteiger partial charge is 0.497 e. The molecule has 5 aromatic rings. The van der Waals surface area contributed by atoms with Crippen molar-refractivity contribution in [2.24, 2.45) is 0 Å². The van der Waals surface area contributed by atoms with Crippen LogP contribution in [-0.4, -0.2) is 28.6 Å². The number of aromatic nitrogens is 3. The van der Waals surface area contributed by atoms with E-state index in [-0.39, 0.29) is 5.52 Å². The van der Waals surface area contributed by atoms with E-state index in [1.807, 2.05) is 77.3 Å². The third kappa shape index (κ3) is 4.15. The maximum atomic E-state index is 14.7. The summed E-state index contributed by atoms with van der Waals surface area (Å²) >= 11 is 0. The summed E-state index contributed by atoms with van der Waals surface area (Å²) < 4.78 is 27.3. The lowest BCUT2D eigenvalue weighted by Gasteiger charge is -2.13. The molecule has 0 spiro atoms. The summed E-state index contributed by atoms with van der Waals surface area (Å²) in [6, 6.07) is 20.5. The van der Waals surface area contributed by atoms with Crippen molar-refractivity contribution in [1.82, 2.24) is 14.4 Å². The van der Waals surface area contributed by atoms with E-state index in [0.717, 1.165) is 16.8 Å². The fourth-order valence-corrected chi connectivity index (χ4v) is 3.84. The molecule has 3 aromatic carbocycles. The molecule has 170 valence electrons. The van der Waals surface area contributed by atoms with Gasteiger partial charge in [0.1, 0.15) is 28.5 Å². The van der Waals surface area contributed by atoms with E-state index in [2.05, 4.69) is 10.3 Å². The number of fused-ring (bicyclic) bond motifs is 3. The molecule has 0 saturated carbocycles. The van der Waals surface area contributed by atoms with E-state index in [1.54, 1.807) is 20.3 Å². The van der Waals surface area contributed by atoms with Gasteiger partial charge in [-0.3, -0.25) is 4.40 Å². The average Bonchev–Trinajstić information content (AvgIpc) is 3.32. The molecule has 2 heterocycles. The number of rotatable bonds is 7. The third-order valence-corrected chi connectivity index (χ3v) is 5.58. The number of para-hydroxylation sites is 1. The van der Waals surface area contributed by atoms with Crippen LogP contribution in [0.3, 0.4) is 0 Å². The number of nitrogens with one attached hydrogen (secondary N) is 1. The minimum Gasteiger partial charge on any atom is -0.497 e. The number of ether oxygens (including phenoxy) is 2. The molecule has 0 aliphatic carbocycles. The Bertz CT molecular complexity index is 1500. The fourth-order valence-electron chi connectivity index (χ4n) is 3.84. The number of anilines is 1. The third-order valence-electron chi connectivity index (χ3n) is 5.58. The van der Waals surface area contributed by atoms with Crippen LogP contribution in [0.4, 0.5) is 10.3 Å². The van der Waals surface area contributed by atoms with Gasteiger partial charge in [-0.1, -0.05) is 42.5 Å². The first-order valence-corrected chi connectivity index (χ1v) is 10.8. The Labute approximate surface area is 196 Å². The van der Waals surface area contributed by atoms with E-state index < -0.39 is 5.82 Å². The van der Waals surface area contributed by atoms with Crippen molar-refractivity contribution in [2.45, 2.75) is 6.54 Å². The Morgan fingerprint density at radius 3 is 2.59 bits per heavy atom. The zero-order valence-electron chi connectivity index (χ0n) is 18.8. The number of hydrogen-bond donors (Lipinski definition) is 1. The number of benzene rings is 3. The van der Waals surface area contributed by atoms with E-state index in [9.17, 15) is 4.39 Å². The molecule has 0 radical (unpaired) electrons. The predicted octanol–water partition coefficient (Wildman–Crippen LogP) is 5.82. The van der Waals surface area contributed by atoms with E-state index in [1.165, 1.54) is 6.07 Å². The topological polar surface area (TPSA) is 60.7 Å². The number of nitrogens with zero attached hydrogens (tertiary/aromatic N) is 3. The molecular formula is C27H23FN4O2. The van der Waals surface area contributed by atoms with Crippen molar-refractivity contribution in [2.75, 3.05) is 19.5 Å². The molecule has 1 N–H and O–H groups in total. The smallest absolute Gasteiger partial charge is 0.209 e. The van der Waals surface area contributed by atoms with Gasteiger partial charge in [0, 0.05) is 29.8 Å². The Morgan fingerprint density at radius 2 is 1.79 bits per heavy atom. The predicted molar refractivity (Wildman–Crippen MR) is 133 cm³/mol. The summed E-state index contributed by atoms with van der Waals surface area (Å²) in [5.41, 5.74) is 3.62. The SMILES string of the molecule is COc1ccc(CNc2nc3c(F)cccc3c3nc(/C=C/c4ccccc4)cn23)c(OC)c1. The second-order valence-electron chi connectivity index (χ2n) is 7.71. The van der Waals surface area contributed by atoms with Gasteiger partial charge in [-0.25, -0.2) is 14.4 Å². The summed E-state index contributed by atoms with van der Waals surface area (Å²) in [7, 11) is 3.22. The lowest BCUT2D eigenvalue weighted by atomic mass is 10.2. The molecule has 2 aromatic heterocycles. The second kappa shape index (κ2) is 9.23. The van der Waals surface area contributed by atoms with Gasteiger partial charge in [-0.05, 0) is 35.9 Å². The first kappa shape index (κ1) is 21.5. The normalized spacial score (nSPS) is 11.4. The van der Waals surface area contributed by atoms with Gasteiger partial charge in [0.05, 0.1) is 19.9 Å².